The molecule has 0 radical (unpaired) electrons. The number of hydrogen-bond donors (Lipinski definition) is 1. The van der Waals surface area contributed by atoms with Crippen molar-refractivity contribution in [3.63, 3.8) is 0 Å². The van der Waals surface area contributed by atoms with Gasteiger partial charge in [-0.2, -0.15) is 0 Å². The van der Waals surface area contributed by atoms with Gasteiger partial charge in [-0.3, -0.25) is 19.8 Å². The van der Waals surface area contributed by atoms with E-state index in [1.807, 2.05) is 13.8 Å². The fourth-order valence-electron chi connectivity index (χ4n) is 3.30. The van der Waals surface area contributed by atoms with Crippen molar-refractivity contribution in [3.05, 3.63) is 0 Å². The van der Waals surface area contributed by atoms with E-state index in [9.17, 15) is 14.4 Å². The van der Waals surface area contributed by atoms with E-state index in [2.05, 4.69) is 5.32 Å². The van der Waals surface area contributed by atoms with Crippen LogP contribution in [0.1, 0.15) is 58.8 Å². The van der Waals surface area contributed by atoms with Crippen molar-refractivity contribution in [2.24, 2.45) is 5.41 Å². The number of imide groups is 2. The van der Waals surface area contributed by atoms with Crippen LogP contribution in [0.4, 0.5) is 4.79 Å². The van der Waals surface area contributed by atoms with E-state index >= 15 is 0 Å². The average Bonchev–Trinajstić information content (AvgIpc) is 2.86. The summed E-state index contributed by atoms with van der Waals surface area (Å²) in [5, 5.41) is 2.39. The van der Waals surface area contributed by atoms with Crippen molar-refractivity contribution in [1.29, 1.82) is 0 Å². The molecule has 1 aliphatic heterocycles. The van der Waals surface area contributed by atoms with Crippen molar-refractivity contribution < 1.29 is 14.4 Å². The molecule has 0 aromatic rings. The smallest absolute Gasteiger partial charge is 0.277 e. The molecule has 4 amide bonds. The summed E-state index contributed by atoms with van der Waals surface area (Å²) in [6.45, 7) is 4.00. The number of rotatable bonds is 4. The average molecular weight is 266 g/mol. The van der Waals surface area contributed by atoms with Gasteiger partial charge in [0.25, 0.3) is 0 Å². The zero-order valence-corrected chi connectivity index (χ0v) is 11.7. The molecule has 19 heavy (non-hydrogen) atoms. The number of nitrogens with one attached hydrogen (secondary N) is 1. The molecule has 2 aliphatic rings. The quantitative estimate of drug-likeness (QED) is 0.793. The number of amides is 4. The monoisotopic (exact) mass is 266 g/mol. The summed E-state index contributed by atoms with van der Waals surface area (Å²) in [4.78, 5) is 38.1. The molecule has 1 N–H and O–H groups in total. The summed E-state index contributed by atoms with van der Waals surface area (Å²) >= 11 is 0. The Labute approximate surface area is 113 Å². The van der Waals surface area contributed by atoms with E-state index in [-0.39, 0.29) is 17.9 Å². The topological polar surface area (TPSA) is 66.5 Å². The van der Waals surface area contributed by atoms with Gasteiger partial charge in [0.15, 0.2) is 0 Å². The molecule has 2 fully saturated rings. The minimum atomic E-state index is -0.963. The van der Waals surface area contributed by atoms with Gasteiger partial charge in [0.05, 0.1) is 0 Å². The Morgan fingerprint density at radius 1 is 1.21 bits per heavy atom. The Morgan fingerprint density at radius 3 is 2.37 bits per heavy atom. The highest BCUT2D eigenvalue weighted by Gasteiger charge is 2.55. The lowest BCUT2D eigenvalue weighted by Gasteiger charge is -2.40. The molecule has 5 heteroatoms. The first-order chi connectivity index (χ1) is 9.06. The number of urea groups is 1. The van der Waals surface area contributed by atoms with E-state index in [0.29, 0.717) is 12.8 Å². The van der Waals surface area contributed by atoms with E-state index in [1.54, 1.807) is 0 Å². The van der Waals surface area contributed by atoms with Crippen LogP contribution in [0, 0.1) is 5.41 Å². The predicted octanol–water partition coefficient (Wildman–Crippen LogP) is 2.20. The Hall–Kier alpha value is -1.39. The van der Waals surface area contributed by atoms with E-state index < -0.39 is 11.4 Å². The molecule has 0 aromatic heterocycles. The second-order valence-corrected chi connectivity index (χ2v) is 5.57. The van der Waals surface area contributed by atoms with Crippen molar-refractivity contribution >= 4 is 17.8 Å². The highest BCUT2D eigenvalue weighted by atomic mass is 16.2. The molecule has 1 saturated heterocycles. The molecule has 1 aliphatic carbocycles. The van der Waals surface area contributed by atoms with Crippen LogP contribution in [0.5, 0.6) is 0 Å². The predicted molar refractivity (Wildman–Crippen MR) is 70.3 cm³/mol. The van der Waals surface area contributed by atoms with E-state index in [0.717, 1.165) is 32.1 Å². The summed E-state index contributed by atoms with van der Waals surface area (Å²) in [5.41, 5.74) is -0.963. The van der Waals surface area contributed by atoms with Gasteiger partial charge >= 0.3 is 6.03 Å². The lowest BCUT2D eigenvalue weighted by molar-refractivity contribution is -0.152. The minimum Gasteiger partial charge on any atom is -0.277 e. The molecular formula is C14H22N2O3. The van der Waals surface area contributed by atoms with Crippen molar-refractivity contribution in [2.45, 2.75) is 64.8 Å². The third-order valence-electron chi connectivity index (χ3n) is 4.42. The van der Waals surface area contributed by atoms with E-state index in [4.69, 9.17) is 0 Å². The first-order valence-electron chi connectivity index (χ1n) is 7.26. The van der Waals surface area contributed by atoms with Gasteiger partial charge in [0, 0.05) is 6.04 Å². The highest BCUT2D eigenvalue weighted by molar-refractivity contribution is 6.19. The van der Waals surface area contributed by atoms with Gasteiger partial charge in [-0.05, 0) is 25.7 Å². The van der Waals surface area contributed by atoms with Gasteiger partial charge < -0.3 is 0 Å². The number of carbonyl (C=O) groups excluding carboxylic acids is 3. The number of nitrogens with zero attached hydrogens (tertiary/aromatic N) is 1. The largest absolute Gasteiger partial charge is 0.331 e. The maximum absolute atomic E-state index is 12.7. The van der Waals surface area contributed by atoms with Crippen molar-refractivity contribution in [1.82, 2.24) is 10.2 Å². The normalized spacial score (nSPS) is 23.9. The highest BCUT2D eigenvalue weighted by Crippen LogP contribution is 2.42. The molecule has 1 heterocycles. The zero-order chi connectivity index (χ0) is 14.0. The van der Waals surface area contributed by atoms with Gasteiger partial charge in [-0.1, -0.05) is 33.1 Å². The minimum absolute atomic E-state index is 0.0944. The molecular weight excluding hydrogens is 244 g/mol. The van der Waals surface area contributed by atoms with Gasteiger partial charge in [-0.25, -0.2) is 4.79 Å². The first kappa shape index (κ1) is 14.0. The molecule has 1 atom stereocenters. The summed E-state index contributed by atoms with van der Waals surface area (Å²) in [7, 11) is 0. The summed E-state index contributed by atoms with van der Waals surface area (Å²) in [6.07, 6.45) is 5.35. The van der Waals surface area contributed by atoms with Crippen LogP contribution in [0.15, 0.2) is 0 Å². The summed E-state index contributed by atoms with van der Waals surface area (Å²) in [5.74, 6) is -0.651. The molecule has 1 unspecified atom stereocenters. The molecule has 1 saturated carbocycles. The van der Waals surface area contributed by atoms with E-state index in [1.165, 1.54) is 4.90 Å². The number of barbiturate groups is 1. The second-order valence-electron chi connectivity index (χ2n) is 5.57. The fraction of sp³-hybridized carbons (Fsp3) is 0.786. The summed E-state index contributed by atoms with van der Waals surface area (Å²) < 4.78 is 0. The standard InChI is InChI=1S/C14H22N2O3/c1-3-7-10(4-2)16-12(18)14(8-5-6-9-14)11(17)15-13(16)19/h10H,3-9H2,1-2H3,(H,15,17,19). The number of carbonyl (C=O) groups is 3. The Balaban J connectivity index is 2.30. The second kappa shape index (κ2) is 5.31. The molecule has 0 aromatic carbocycles. The van der Waals surface area contributed by atoms with Crippen LogP contribution >= 0.6 is 0 Å². The third kappa shape index (κ3) is 2.15. The van der Waals surface area contributed by atoms with Crippen molar-refractivity contribution in [2.75, 3.05) is 0 Å². The molecule has 106 valence electrons. The van der Waals surface area contributed by atoms with Crippen LogP contribution in [0.2, 0.25) is 0 Å². The number of hydrogen-bond acceptors (Lipinski definition) is 3. The van der Waals surface area contributed by atoms with Crippen LogP contribution in [-0.2, 0) is 9.59 Å². The Bertz CT molecular complexity index is 399. The van der Waals surface area contributed by atoms with Crippen LogP contribution in [0.3, 0.4) is 0 Å². The molecule has 5 nitrogen and oxygen atoms in total. The Kier molecular flexibility index (Phi) is 3.92. The lowest BCUT2D eigenvalue weighted by Crippen LogP contribution is -2.65. The van der Waals surface area contributed by atoms with Gasteiger partial charge in [-0.15, -0.1) is 0 Å². The maximum Gasteiger partial charge on any atom is 0.331 e. The lowest BCUT2D eigenvalue weighted by atomic mass is 9.81. The van der Waals surface area contributed by atoms with Crippen molar-refractivity contribution in [3.8, 4) is 0 Å². The Morgan fingerprint density at radius 2 is 1.84 bits per heavy atom. The first-order valence-corrected chi connectivity index (χ1v) is 7.26. The van der Waals surface area contributed by atoms with Gasteiger partial charge in [0.1, 0.15) is 5.41 Å². The third-order valence-corrected chi connectivity index (χ3v) is 4.42. The molecule has 1 spiro atoms. The molecule has 0 bridgehead atoms. The zero-order valence-electron chi connectivity index (χ0n) is 11.7. The molecule has 2 rings (SSSR count). The van der Waals surface area contributed by atoms with Crippen LogP contribution in [-0.4, -0.2) is 28.8 Å². The SMILES string of the molecule is CCCC(CC)N1C(=O)NC(=O)C2(CCCC2)C1=O. The van der Waals surface area contributed by atoms with Crippen LogP contribution < -0.4 is 5.32 Å². The summed E-state index contributed by atoms with van der Waals surface area (Å²) in [6, 6.07) is -0.629. The van der Waals surface area contributed by atoms with Gasteiger partial charge in [0.2, 0.25) is 11.8 Å². The fourth-order valence-corrected chi connectivity index (χ4v) is 3.30. The maximum atomic E-state index is 12.7. The van der Waals surface area contributed by atoms with Crippen LogP contribution in [0.25, 0.3) is 0 Å².